The van der Waals surface area contributed by atoms with Crippen LogP contribution in [0.15, 0.2) is 72.9 Å². The second kappa shape index (κ2) is 55.4. The molecule has 0 spiro atoms. The Balaban J connectivity index is 4.47. The highest BCUT2D eigenvalue weighted by Crippen LogP contribution is 2.14. The quantitative estimate of drug-likeness (QED) is 0.0262. The van der Waals surface area contributed by atoms with E-state index in [2.05, 4.69) is 93.7 Å². The van der Waals surface area contributed by atoms with E-state index in [1.165, 1.54) is 167 Å². The normalized spacial score (nSPS) is 12.6. The van der Waals surface area contributed by atoms with Crippen LogP contribution in [0.2, 0.25) is 0 Å². The summed E-state index contributed by atoms with van der Waals surface area (Å²) in [5.74, 6) is -0.956. The van der Waals surface area contributed by atoms with Gasteiger partial charge in [0.2, 0.25) is 0 Å². The summed E-state index contributed by atoms with van der Waals surface area (Å²) in [6.07, 6.45) is 70.3. The predicted molar refractivity (Wildman–Crippen MR) is 288 cm³/mol. The molecule has 0 aromatic rings. The molecular formula is C61H106O6. The fourth-order valence-corrected chi connectivity index (χ4v) is 7.84. The molecule has 0 N–H and O–H groups in total. The summed E-state index contributed by atoms with van der Waals surface area (Å²) in [7, 11) is 0. The average Bonchev–Trinajstić information content (AvgIpc) is 3.33. The summed E-state index contributed by atoms with van der Waals surface area (Å²) < 4.78 is 16.8. The summed E-state index contributed by atoms with van der Waals surface area (Å²) in [4.78, 5) is 38.1. The lowest BCUT2D eigenvalue weighted by Gasteiger charge is -2.18. The molecule has 6 nitrogen and oxygen atoms in total. The first-order chi connectivity index (χ1) is 33.0. The van der Waals surface area contributed by atoms with Crippen LogP contribution in [0.5, 0.6) is 0 Å². The molecule has 0 bridgehead atoms. The molecule has 6 heteroatoms. The molecule has 0 amide bonds. The zero-order valence-corrected chi connectivity index (χ0v) is 44.2. The molecule has 0 aromatic carbocycles. The van der Waals surface area contributed by atoms with E-state index in [0.29, 0.717) is 19.3 Å². The van der Waals surface area contributed by atoms with E-state index in [4.69, 9.17) is 14.2 Å². The molecule has 0 saturated heterocycles. The number of hydrogen-bond donors (Lipinski definition) is 0. The Kier molecular flexibility index (Phi) is 52.8. The van der Waals surface area contributed by atoms with Gasteiger partial charge in [0.25, 0.3) is 0 Å². The van der Waals surface area contributed by atoms with Gasteiger partial charge in [-0.25, -0.2) is 0 Å². The van der Waals surface area contributed by atoms with Crippen molar-refractivity contribution in [2.75, 3.05) is 13.2 Å². The van der Waals surface area contributed by atoms with Gasteiger partial charge in [0.1, 0.15) is 13.2 Å². The Labute approximate surface area is 414 Å². The molecule has 0 radical (unpaired) electrons. The molecule has 1 atom stereocenters. The molecule has 0 rings (SSSR count). The van der Waals surface area contributed by atoms with Crippen molar-refractivity contribution in [2.45, 2.75) is 284 Å². The Morgan fingerprint density at radius 1 is 0.299 bits per heavy atom. The van der Waals surface area contributed by atoms with Crippen LogP contribution in [-0.2, 0) is 28.6 Å². The lowest BCUT2D eigenvalue weighted by Crippen LogP contribution is -2.30. The summed E-state index contributed by atoms with van der Waals surface area (Å²) in [6, 6.07) is 0. The first-order valence-electron chi connectivity index (χ1n) is 28.4. The second-order valence-electron chi connectivity index (χ2n) is 18.8. The Bertz CT molecular complexity index is 1260. The van der Waals surface area contributed by atoms with Crippen molar-refractivity contribution in [3.63, 3.8) is 0 Å². The van der Waals surface area contributed by atoms with Crippen LogP contribution in [0.1, 0.15) is 278 Å². The van der Waals surface area contributed by atoms with Crippen LogP contribution in [-0.4, -0.2) is 37.2 Å². The summed E-state index contributed by atoms with van der Waals surface area (Å²) in [6.45, 7) is 6.56. The van der Waals surface area contributed by atoms with E-state index in [1.54, 1.807) is 0 Å². The van der Waals surface area contributed by atoms with Gasteiger partial charge in [-0.2, -0.15) is 0 Å². The first kappa shape index (κ1) is 63.8. The van der Waals surface area contributed by atoms with Gasteiger partial charge in [-0.3, -0.25) is 14.4 Å². The first-order valence-corrected chi connectivity index (χ1v) is 28.4. The van der Waals surface area contributed by atoms with Gasteiger partial charge in [-0.15, -0.1) is 0 Å². The number of carbonyl (C=O) groups excluding carboxylic acids is 3. The van der Waals surface area contributed by atoms with Crippen molar-refractivity contribution in [3.05, 3.63) is 72.9 Å². The fraction of sp³-hybridized carbons (Fsp3) is 0.754. The van der Waals surface area contributed by atoms with Gasteiger partial charge >= 0.3 is 17.9 Å². The van der Waals surface area contributed by atoms with E-state index < -0.39 is 6.10 Å². The fourth-order valence-electron chi connectivity index (χ4n) is 7.84. The molecule has 1 unspecified atom stereocenters. The number of unbranched alkanes of at least 4 members (excludes halogenated alkanes) is 28. The maximum atomic E-state index is 12.8. The molecule has 0 fully saturated rings. The maximum Gasteiger partial charge on any atom is 0.306 e. The average molecular weight is 936 g/mol. The molecule has 0 aromatic heterocycles. The number of hydrogen-bond acceptors (Lipinski definition) is 6. The van der Waals surface area contributed by atoms with Gasteiger partial charge in [0.15, 0.2) is 6.10 Å². The van der Waals surface area contributed by atoms with Crippen molar-refractivity contribution in [3.8, 4) is 0 Å². The highest BCUT2D eigenvalue weighted by atomic mass is 16.6. The highest BCUT2D eigenvalue weighted by Gasteiger charge is 2.19. The number of rotatable bonds is 51. The predicted octanol–water partition coefficient (Wildman–Crippen LogP) is 19.0. The van der Waals surface area contributed by atoms with Gasteiger partial charge in [-0.1, -0.05) is 222 Å². The van der Waals surface area contributed by atoms with E-state index in [0.717, 1.165) is 64.2 Å². The minimum atomic E-state index is -0.801. The van der Waals surface area contributed by atoms with E-state index in [-0.39, 0.29) is 37.5 Å². The standard InChI is InChI=1S/C61H106O6/c1-4-7-10-13-16-19-22-25-28-30-33-36-39-42-45-48-51-54-60(63)66-57-58(56-65-59(62)53-50-47-44-41-38-35-32-27-24-21-18-15-12-9-6-3)67-61(64)55-52-49-46-43-40-37-34-31-29-26-23-20-17-14-11-8-5-2/h16,19,21,24-26,28-29,33,36,42,45,58H,4-15,17-18,20,22-23,27,30-32,34-35,37-41,43-44,46-57H2,1-3H3/b19-16-,24-21-,28-25-,29-26-,36-33-,45-42-. The Hall–Kier alpha value is -3.15. The zero-order valence-electron chi connectivity index (χ0n) is 44.2. The minimum Gasteiger partial charge on any atom is -0.462 e. The van der Waals surface area contributed by atoms with E-state index >= 15 is 0 Å². The van der Waals surface area contributed by atoms with Crippen LogP contribution in [0.3, 0.4) is 0 Å². The third-order valence-electron chi connectivity index (χ3n) is 12.2. The van der Waals surface area contributed by atoms with Crippen LogP contribution in [0, 0.1) is 0 Å². The van der Waals surface area contributed by atoms with Crippen molar-refractivity contribution < 1.29 is 28.6 Å². The van der Waals surface area contributed by atoms with Crippen molar-refractivity contribution in [1.29, 1.82) is 0 Å². The molecule has 67 heavy (non-hydrogen) atoms. The number of esters is 3. The Morgan fingerprint density at radius 2 is 0.552 bits per heavy atom. The molecule has 0 aliphatic heterocycles. The third kappa shape index (κ3) is 53.7. The van der Waals surface area contributed by atoms with Gasteiger partial charge in [0, 0.05) is 19.3 Å². The van der Waals surface area contributed by atoms with Crippen molar-refractivity contribution in [2.24, 2.45) is 0 Å². The summed E-state index contributed by atoms with van der Waals surface area (Å²) in [5.41, 5.74) is 0. The van der Waals surface area contributed by atoms with Gasteiger partial charge in [-0.05, 0) is 109 Å². The van der Waals surface area contributed by atoms with E-state index in [1.807, 2.05) is 0 Å². The number of allylic oxidation sites excluding steroid dienone is 12. The van der Waals surface area contributed by atoms with Crippen LogP contribution in [0.4, 0.5) is 0 Å². The van der Waals surface area contributed by atoms with Crippen LogP contribution < -0.4 is 0 Å². The van der Waals surface area contributed by atoms with Crippen molar-refractivity contribution >= 4 is 17.9 Å². The van der Waals surface area contributed by atoms with Gasteiger partial charge < -0.3 is 14.2 Å². The van der Waals surface area contributed by atoms with Crippen LogP contribution in [0.25, 0.3) is 0 Å². The molecule has 386 valence electrons. The smallest absolute Gasteiger partial charge is 0.306 e. The molecule has 0 aliphatic rings. The molecular weight excluding hydrogens is 829 g/mol. The summed E-state index contributed by atoms with van der Waals surface area (Å²) >= 11 is 0. The number of ether oxygens (including phenoxy) is 3. The lowest BCUT2D eigenvalue weighted by molar-refractivity contribution is -0.167. The second-order valence-corrected chi connectivity index (χ2v) is 18.8. The third-order valence-corrected chi connectivity index (χ3v) is 12.2. The highest BCUT2D eigenvalue weighted by molar-refractivity contribution is 5.71. The van der Waals surface area contributed by atoms with Crippen LogP contribution >= 0.6 is 0 Å². The SMILES string of the molecule is CCCCC/C=C\C/C=C\C/C=C\C/C=C\CCCC(=O)OCC(COC(=O)CCCCCCCCC/C=C\CCCCCC)OC(=O)CCCCCCCCC/C=C\CCCCCCCC. The van der Waals surface area contributed by atoms with Crippen molar-refractivity contribution in [1.82, 2.24) is 0 Å². The maximum absolute atomic E-state index is 12.8. The lowest BCUT2D eigenvalue weighted by atomic mass is 10.1. The largest absolute Gasteiger partial charge is 0.462 e. The van der Waals surface area contributed by atoms with E-state index in [9.17, 15) is 14.4 Å². The monoisotopic (exact) mass is 935 g/mol. The Morgan fingerprint density at radius 3 is 0.955 bits per heavy atom. The summed E-state index contributed by atoms with van der Waals surface area (Å²) in [5, 5.41) is 0. The molecule has 0 saturated carbocycles. The molecule has 0 heterocycles. The molecule has 0 aliphatic carbocycles. The zero-order chi connectivity index (χ0) is 48.6. The van der Waals surface area contributed by atoms with Gasteiger partial charge in [0.05, 0.1) is 0 Å². The number of carbonyl (C=O) groups is 3. The minimum absolute atomic E-state index is 0.0957. The topological polar surface area (TPSA) is 78.9 Å².